The van der Waals surface area contributed by atoms with Crippen LogP contribution in [0.4, 0.5) is 0 Å². The average Bonchev–Trinajstić information content (AvgIpc) is 2.70. The summed E-state index contributed by atoms with van der Waals surface area (Å²) in [6.07, 6.45) is 3.84. The Morgan fingerprint density at radius 1 is 0.885 bits per heavy atom. The lowest BCUT2D eigenvalue weighted by Crippen LogP contribution is -2.03. The van der Waals surface area contributed by atoms with Gasteiger partial charge in [0, 0.05) is 7.11 Å². The molecular weight excluding hydrogens is 336 g/mol. The number of hydrogen-bond donors (Lipinski definition) is 0. The predicted molar refractivity (Wildman–Crippen MR) is 98.8 cm³/mol. The highest BCUT2D eigenvalue weighted by Gasteiger charge is 2.13. The standard InChI is InChI=1S/C20H22O6/c1-22-13-26-19-17(23-2)11-15(12-18(19)24-3)6-5-14-7-9-16(10-8-14)20(21)25-4/h5-12H,13H2,1-4H3. The van der Waals surface area contributed by atoms with Crippen LogP contribution >= 0.6 is 0 Å². The number of methoxy groups -OCH3 is 4. The molecule has 0 aliphatic carbocycles. The van der Waals surface area contributed by atoms with E-state index in [4.69, 9.17) is 23.7 Å². The maximum Gasteiger partial charge on any atom is 0.337 e. The maximum absolute atomic E-state index is 11.5. The van der Waals surface area contributed by atoms with Crippen molar-refractivity contribution in [3.8, 4) is 17.2 Å². The molecule has 6 nitrogen and oxygen atoms in total. The molecule has 26 heavy (non-hydrogen) atoms. The largest absolute Gasteiger partial charge is 0.493 e. The third-order valence-corrected chi connectivity index (χ3v) is 3.60. The molecule has 0 fully saturated rings. The van der Waals surface area contributed by atoms with Gasteiger partial charge in [0.1, 0.15) is 0 Å². The summed E-state index contributed by atoms with van der Waals surface area (Å²) in [5.41, 5.74) is 2.32. The highest BCUT2D eigenvalue weighted by atomic mass is 16.7. The summed E-state index contributed by atoms with van der Waals surface area (Å²) >= 11 is 0. The van der Waals surface area contributed by atoms with E-state index >= 15 is 0 Å². The molecule has 138 valence electrons. The molecule has 0 aliphatic rings. The van der Waals surface area contributed by atoms with Gasteiger partial charge >= 0.3 is 5.97 Å². The zero-order chi connectivity index (χ0) is 18.9. The lowest BCUT2D eigenvalue weighted by Gasteiger charge is -2.14. The van der Waals surface area contributed by atoms with Crippen molar-refractivity contribution in [1.29, 1.82) is 0 Å². The van der Waals surface area contributed by atoms with Crippen LogP contribution in [0.5, 0.6) is 17.2 Å². The third-order valence-electron chi connectivity index (χ3n) is 3.60. The summed E-state index contributed by atoms with van der Waals surface area (Å²) < 4.78 is 25.9. The molecule has 0 radical (unpaired) electrons. The van der Waals surface area contributed by atoms with Gasteiger partial charge in [-0.1, -0.05) is 24.3 Å². The minimum Gasteiger partial charge on any atom is -0.493 e. The molecule has 0 amide bonds. The Labute approximate surface area is 152 Å². The first-order valence-corrected chi connectivity index (χ1v) is 7.87. The molecule has 2 rings (SSSR count). The fourth-order valence-electron chi connectivity index (χ4n) is 2.30. The number of rotatable bonds is 8. The van der Waals surface area contributed by atoms with Crippen LogP contribution in [0.15, 0.2) is 36.4 Å². The maximum atomic E-state index is 11.5. The second kappa shape index (κ2) is 9.48. The van der Waals surface area contributed by atoms with E-state index in [2.05, 4.69) is 0 Å². The van der Waals surface area contributed by atoms with Crippen LogP contribution in [-0.2, 0) is 9.47 Å². The second-order valence-corrected chi connectivity index (χ2v) is 5.25. The van der Waals surface area contributed by atoms with E-state index in [1.807, 2.05) is 36.4 Å². The van der Waals surface area contributed by atoms with E-state index in [0.29, 0.717) is 22.8 Å². The molecule has 6 heteroatoms. The van der Waals surface area contributed by atoms with E-state index in [1.54, 1.807) is 33.5 Å². The van der Waals surface area contributed by atoms with Gasteiger partial charge in [0.15, 0.2) is 18.3 Å². The molecule has 0 heterocycles. The molecule has 0 spiro atoms. The molecular formula is C20H22O6. The molecule has 0 atom stereocenters. The normalized spacial score (nSPS) is 10.6. The minimum absolute atomic E-state index is 0.0917. The molecule has 2 aromatic carbocycles. The smallest absolute Gasteiger partial charge is 0.337 e. The topological polar surface area (TPSA) is 63.2 Å². The zero-order valence-electron chi connectivity index (χ0n) is 15.3. The fraction of sp³-hybridized carbons (Fsp3) is 0.250. The summed E-state index contributed by atoms with van der Waals surface area (Å²) in [6.45, 7) is 0.0917. The molecule has 0 saturated carbocycles. The summed E-state index contributed by atoms with van der Waals surface area (Å²) in [6, 6.07) is 10.8. The van der Waals surface area contributed by atoms with Crippen molar-refractivity contribution in [3.63, 3.8) is 0 Å². The van der Waals surface area contributed by atoms with Crippen LogP contribution in [0.1, 0.15) is 21.5 Å². The number of hydrogen-bond acceptors (Lipinski definition) is 6. The van der Waals surface area contributed by atoms with Crippen molar-refractivity contribution >= 4 is 18.1 Å². The Kier molecular flexibility index (Phi) is 7.05. The lowest BCUT2D eigenvalue weighted by atomic mass is 10.1. The Balaban J connectivity index is 2.25. The van der Waals surface area contributed by atoms with Gasteiger partial charge in [0.05, 0.1) is 26.9 Å². The predicted octanol–water partition coefficient (Wildman–Crippen LogP) is 3.64. The molecule has 0 saturated heterocycles. The molecule has 0 aromatic heterocycles. The Morgan fingerprint density at radius 3 is 1.96 bits per heavy atom. The first-order chi connectivity index (χ1) is 12.6. The van der Waals surface area contributed by atoms with Gasteiger partial charge in [-0.2, -0.15) is 0 Å². The first-order valence-electron chi connectivity index (χ1n) is 7.87. The van der Waals surface area contributed by atoms with E-state index in [9.17, 15) is 4.79 Å². The van der Waals surface area contributed by atoms with Crippen LogP contribution < -0.4 is 14.2 Å². The van der Waals surface area contributed by atoms with Crippen molar-refractivity contribution < 1.29 is 28.5 Å². The van der Waals surface area contributed by atoms with Crippen LogP contribution in [-0.4, -0.2) is 41.2 Å². The number of carbonyl (C=O) groups excluding carboxylic acids is 1. The van der Waals surface area contributed by atoms with E-state index in [1.165, 1.54) is 7.11 Å². The van der Waals surface area contributed by atoms with Crippen molar-refractivity contribution in [2.45, 2.75) is 0 Å². The minimum atomic E-state index is -0.360. The summed E-state index contributed by atoms with van der Waals surface area (Å²) in [5, 5.41) is 0. The van der Waals surface area contributed by atoms with E-state index < -0.39 is 0 Å². The highest BCUT2D eigenvalue weighted by Crippen LogP contribution is 2.39. The van der Waals surface area contributed by atoms with Crippen molar-refractivity contribution in [2.75, 3.05) is 35.2 Å². The quantitative estimate of drug-likeness (QED) is 0.408. The zero-order valence-corrected chi connectivity index (χ0v) is 15.3. The molecule has 0 bridgehead atoms. The number of esters is 1. The van der Waals surface area contributed by atoms with Gasteiger partial charge < -0.3 is 23.7 Å². The van der Waals surface area contributed by atoms with E-state index in [-0.39, 0.29) is 12.8 Å². The number of ether oxygens (including phenoxy) is 5. The molecule has 2 aromatic rings. The van der Waals surface area contributed by atoms with Crippen LogP contribution in [0.25, 0.3) is 12.2 Å². The van der Waals surface area contributed by atoms with Crippen molar-refractivity contribution in [2.24, 2.45) is 0 Å². The fourth-order valence-corrected chi connectivity index (χ4v) is 2.30. The van der Waals surface area contributed by atoms with Gasteiger partial charge in [0.25, 0.3) is 0 Å². The molecule has 0 aliphatic heterocycles. The van der Waals surface area contributed by atoms with Gasteiger partial charge in [-0.15, -0.1) is 0 Å². The molecule has 0 N–H and O–H groups in total. The second-order valence-electron chi connectivity index (χ2n) is 5.25. The first kappa shape index (κ1) is 19.3. The van der Waals surface area contributed by atoms with Crippen LogP contribution in [0.3, 0.4) is 0 Å². The van der Waals surface area contributed by atoms with Crippen molar-refractivity contribution in [3.05, 3.63) is 53.1 Å². The summed E-state index contributed by atoms with van der Waals surface area (Å²) in [5.74, 6) is 1.21. The van der Waals surface area contributed by atoms with Gasteiger partial charge in [-0.25, -0.2) is 4.79 Å². The van der Waals surface area contributed by atoms with E-state index in [0.717, 1.165) is 11.1 Å². The Hall–Kier alpha value is -2.99. The van der Waals surface area contributed by atoms with Crippen LogP contribution in [0, 0.1) is 0 Å². The van der Waals surface area contributed by atoms with Crippen LogP contribution in [0.2, 0.25) is 0 Å². The number of benzene rings is 2. The lowest BCUT2D eigenvalue weighted by molar-refractivity contribution is 0.0471. The molecule has 0 unspecified atom stereocenters. The monoisotopic (exact) mass is 358 g/mol. The van der Waals surface area contributed by atoms with Crippen molar-refractivity contribution in [1.82, 2.24) is 0 Å². The number of carbonyl (C=O) groups is 1. The Morgan fingerprint density at radius 2 is 1.46 bits per heavy atom. The van der Waals surface area contributed by atoms with Gasteiger partial charge in [0.2, 0.25) is 5.75 Å². The highest BCUT2D eigenvalue weighted by molar-refractivity contribution is 5.89. The Bertz CT molecular complexity index is 739. The van der Waals surface area contributed by atoms with Gasteiger partial charge in [-0.05, 0) is 35.4 Å². The third kappa shape index (κ3) is 4.77. The summed E-state index contributed by atoms with van der Waals surface area (Å²) in [7, 11) is 6.03. The average molecular weight is 358 g/mol. The summed E-state index contributed by atoms with van der Waals surface area (Å²) in [4.78, 5) is 11.5. The van der Waals surface area contributed by atoms with Gasteiger partial charge in [-0.3, -0.25) is 0 Å². The SMILES string of the molecule is COCOc1c(OC)cc(C=Cc2ccc(C(=O)OC)cc2)cc1OC.